The molecule has 3 rings (SSSR count). The van der Waals surface area contributed by atoms with E-state index in [1.54, 1.807) is 14.2 Å². The van der Waals surface area contributed by atoms with Crippen LogP contribution in [-0.2, 0) is 4.74 Å². The first-order valence-corrected chi connectivity index (χ1v) is 9.35. The van der Waals surface area contributed by atoms with Crippen molar-refractivity contribution in [2.45, 2.75) is 45.1 Å². The summed E-state index contributed by atoms with van der Waals surface area (Å²) in [5.41, 5.74) is 1.60. The summed E-state index contributed by atoms with van der Waals surface area (Å²) in [7, 11) is 3.20. The topological polar surface area (TPSA) is 57.7 Å². The van der Waals surface area contributed by atoms with Crippen molar-refractivity contribution >= 4 is 17.3 Å². The second-order valence-corrected chi connectivity index (χ2v) is 7.17. The van der Waals surface area contributed by atoms with Crippen LogP contribution < -0.4 is 9.47 Å². The number of aromatic nitrogens is 1. The normalized spacial score (nSPS) is 15.0. The third-order valence-electron chi connectivity index (χ3n) is 4.44. The van der Waals surface area contributed by atoms with E-state index in [9.17, 15) is 4.79 Å². The molecule has 134 valence electrons. The number of benzene rings is 1. The molecule has 0 aliphatic heterocycles. The molecule has 0 spiro atoms. The zero-order valence-electron chi connectivity index (χ0n) is 14.8. The molecular weight excluding hydrogens is 338 g/mol. The molecule has 6 heteroatoms. The second-order valence-electron chi connectivity index (χ2n) is 6.17. The van der Waals surface area contributed by atoms with Crippen LogP contribution >= 0.6 is 11.3 Å². The standard InChI is InChI=1S/C19H23NO4S/c1-12-17(19(21)24-14-7-5-4-6-8-14)25-18(20-12)13-9-10-15(22-2)16(11-13)23-3/h9-11,14H,4-8H2,1-3H3. The van der Waals surface area contributed by atoms with Gasteiger partial charge in [-0.25, -0.2) is 9.78 Å². The fourth-order valence-electron chi connectivity index (χ4n) is 3.07. The van der Waals surface area contributed by atoms with Crippen molar-refractivity contribution in [2.24, 2.45) is 0 Å². The lowest BCUT2D eigenvalue weighted by atomic mass is 9.98. The van der Waals surface area contributed by atoms with E-state index in [1.807, 2.05) is 25.1 Å². The van der Waals surface area contributed by atoms with Gasteiger partial charge in [-0.3, -0.25) is 0 Å². The van der Waals surface area contributed by atoms with Gasteiger partial charge in [0.2, 0.25) is 0 Å². The highest BCUT2D eigenvalue weighted by molar-refractivity contribution is 7.17. The molecule has 1 fully saturated rings. The molecule has 1 heterocycles. The predicted octanol–water partition coefficient (Wildman–Crippen LogP) is 4.63. The van der Waals surface area contributed by atoms with Crippen molar-refractivity contribution in [1.29, 1.82) is 0 Å². The van der Waals surface area contributed by atoms with Gasteiger partial charge in [0, 0.05) is 5.56 Å². The van der Waals surface area contributed by atoms with Crippen molar-refractivity contribution in [3.05, 3.63) is 28.8 Å². The average molecular weight is 361 g/mol. The van der Waals surface area contributed by atoms with Crippen LogP contribution in [0.5, 0.6) is 11.5 Å². The Morgan fingerprint density at radius 3 is 2.52 bits per heavy atom. The minimum atomic E-state index is -0.256. The Balaban J connectivity index is 1.81. The molecule has 1 aliphatic carbocycles. The van der Waals surface area contributed by atoms with Crippen molar-refractivity contribution in [3.8, 4) is 22.1 Å². The summed E-state index contributed by atoms with van der Waals surface area (Å²) < 4.78 is 16.3. The molecule has 1 aliphatic rings. The minimum Gasteiger partial charge on any atom is -0.493 e. The molecule has 1 aromatic carbocycles. The Morgan fingerprint density at radius 1 is 1.12 bits per heavy atom. The number of thiazole rings is 1. The van der Waals surface area contributed by atoms with Gasteiger partial charge in [0.15, 0.2) is 11.5 Å². The third kappa shape index (κ3) is 3.95. The molecule has 0 atom stereocenters. The summed E-state index contributed by atoms with van der Waals surface area (Å²) in [6, 6.07) is 5.62. The number of carbonyl (C=O) groups excluding carboxylic acids is 1. The summed E-state index contributed by atoms with van der Waals surface area (Å²) in [5.74, 6) is 1.05. The smallest absolute Gasteiger partial charge is 0.350 e. The Kier molecular flexibility index (Phi) is 5.58. The van der Waals surface area contributed by atoms with Gasteiger partial charge in [0.25, 0.3) is 0 Å². The van der Waals surface area contributed by atoms with E-state index in [4.69, 9.17) is 14.2 Å². The molecule has 0 radical (unpaired) electrons. The Labute approximate surface area is 151 Å². The van der Waals surface area contributed by atoms with E-state index in [0.29, 0.717) is 22.1 Å². The molecule has 0 saturated heterocycles. The van der Waals surface area contributed by atoms with E-state index in [0.717, 1.165) is 36.3 Å². The fourth-order valence-corrected chi connectivity index (χ4v) is 4.01. The van der Waals surface area contributed by atoms with Gasteiger partial charge in [-0.1, -0.05) is 6.42 Å². The molecule has 1 aromatic heterocycles. The number of aryl methyl sites for hydroxylation is 1. The van der Waals surface area contributed by atoms with Gasteiger partial charge in [0.1, 0.15) is 16.0 Å². The number of nitrogens with zero attached hydrogens (tertiary/aromatic N) is 1. The summed E-state index contributed by atoms with van der Waals surface area (Å²) in [4.78, 5) is 17.6. The van der Waals surface area contributed by atoms with E-state index in [1.165, 1.54) is 17.8 Å². The van der Waals surface area contributed by atoms with Gasteiger partial charge in [-0.05, 0) is 50.8 Å². The number of esters is 1. The number of carbonyl (C=O) groups is 1. The first kappa shape index (κ1) is 17.7. The third-order valence-corrected chi connectivity index (χ3v) is 5.62. The van der Waals surface area contributed by atoms with E-state index in [2.05, 4.69) is 4.98 Å². The fraction of sp³-hybridized carbons (Fsp3) is 0.474. The zero-order chi connectivity index (χ0) is 17.8. The maximum atomic E-state index is 12.5. The van der Waals surface area contributed by atoms with Crippen LogP contribution in [0.25, 0.3) is 10.6 Å². The molecule has 25 heavy (non-hydrogen) atoms. The first-order chi connectivity index (χ1) is 12.1. The average Bonchev–Trinajstić information content (AvgIpc) is 3.03. The summed E-state index contributed by atoms with van der Waals surface area (Å²) in [6.45, 7) is 1.85. The van der Waals surface area contributed by atoms with Crippen molar-refractivity contribution in [2.75, 3.05) is 14.2 Å². The zero-order valence-corrected chi connectivity index (χ0v) is 15.6. The minimum absolute atomic E-state index is 0.0484. The summed E-state index contributed by atoms with van der Waals surface area (Å²) in [6.07, 6.45) is 5.48. The second kappa shape index (κ2) is 7.87. The lowest BCUT2D eigenvalue weighted by Gasteiger charge is -2.21. The summed E-state index contributed by atoms with van der Waals surface area (Å²) >= 11 is 1.36. The van der Waals surface area contributed by atoms with E-state index >= 15 is 0 Å². The number of methoxy groups -OCH3 is 2. The van der Waals surface area contributed by atoms with Crippen LogP contribution in [-0.4, -0.2) is 31.3 Å². The number of ether oxygens (including phenoxy) is 3. The van der Waals surface area contributed by atoms with Gasteiger partial charge >= 0.3 is 5.97 Å². The van der Waals surface area contributed by atoms with Gasteiger partial charge < -0.3 is 14.2 Å². The first-order valence-electron chi connectivity index (χ1n) is 8.53. The number of hydrogen-bond acceptors (Lipinski definition) is 6. The van der Waals surface area contributed by atoms with Crippen LogP contribution in [0.3, 0.4) is 0 Å². The van der Waals surface area contributed by atoms with Crippen molar-refractivity contribution < 1.29 is 19.0 Å². The van der Waals surface area contributed by atoms with Crippen LogP contribution in [0.4, 0.5) is 0 Å². The number of hydrogen-bond donors (Lipinski definition) is 0. The molecule has 0 amide bonds. The van der Waals surface area contributed by atoms with Gasteiger partial charge in [-0.15, -0.1) is 11.3 Å². The maximum absolute atomic E-state index is 12.5. The van der Waals surface area contributed by atoms with E-state index < -0.39 is 0 Å². The number of rotatable bonds is 5. The molecule has 0 bridgehead atoms. The monoisotopic (exact) mass is 361 g/mol. The lowest BCUT2D eigenvalue weighted by molar-refractivity contribution is 0.0216. The van der Waals surface area contributed by atoms with Gasteiger partial charge in [-0.2, -0.15) is 0 Å². The molecule has 2 aromatic rings. The quantitative estimate of drug-likeness (QED) is 0.727. The van der Waals surface area contributed by atoms with Crippen molar-refractivity contribution in [3.63, 3.8) is 0 Å². The SMILES string of the molecule is COc1ccc(-c2nc(C)c(C(=O)OC3CCCCC3)s2)cc1OC. The highest BCUT2D eigenvalue weighted by atomic mass is 32.1. The van der Waals surface area contributed by atoms with Crippen LogP contribution in [0.2, 0.25) is 0 Å². The highest BCUT2D eigenvalue weighted by Crippen LogP contribution is 2.35. The molecule has 1 saturated carbocycles. The largest absolute Gasteiger partial charge is 0.493 e. The van der Waals surface area contributed by atoms with Crippen LogP contribution in [0.1, 0.15) is 47.5 Å². The lowest BCUT2D eigenvalue weighted by Crippen LogP contribution is -2.20. The van der Waals surface area contributed by atoms with Crippen LogP contribution in [0, 0.1) is 6.92 Å². The van der Waals surface area contributed by atoms with Gasteiger partial charge in [0.05, 0.1) is 19.9 Å². The van der Waals surface area contributed by atoms with Crippen LogP contribution in [0.15, 0.2) is 18.2 Å². The Morgan fingerprint density at radius 2 is 1.84 bits per heavy atom. The molecule has 0 N–H and O–H groups in total. The predicted molar refractivity (Wildman–Crippen MR) is 97.7 cm³/mol. The van der Waals surface area contributed by atoms with E-state index in [-0.39, 0.29) is 12.1 Å². The Hall–Kier alpha value is -2.08. The summed E-state index contributed by atoms with van der Waals surface area (Å²) in [5, 5.41) is 0.772. The van der Waals surface area contributed by atoms with Crippen molar-refractivity contribution in [1.82, 2.24) is 4.98 Å². The molecule has 0 unspecified atom stereocenters. The Bertz CT molecular complexity index is 750. The maximum Gasteiger partial charge on any atom is 0.350 e. The highest BCUT2D eigenvalue weighted by Gasteiger charge is 2.23. The molecular formula is C19H23NO4S. The molecule has 5 nitrogen and oxygen atoms in total.